The van der Waals surface area contributed by atoms with E-state index in [0.717, 1.165) is 30.1 Å². The van der Waals surface area contributed by atoms with Gasteiger partial charge in [0.1, 0.15) is 10.8 Å². The van der Waals surface area contributed by atoms with Crippen LogP contribution in [-0.4, -0.2) is 44.9 Å². The predicted octanol–water partition coefficient (Wildman–Crippen LogP) is 3.19. The van der Waals surface area contributed by atoms with Gasteiger partial charge in [0.15, 0.2) is 5.16 Å². The lowest BCUT2D eigenvalue weighted by Gasteiger charge is -2.11. The second kappa shape index (κ2) is 10.6. The van der Waals surface area contributed by atoms with E-state index >= 15 is 0 Å². The first-order valence-electron chi connectivity index (χ1n) is 9.67. The zero-order valence-electron chi connectivity index (χ0n) is 17.8. The minimum atomic E-state index is -0.660. The van der Waals surface area contributed by atoms with Gasteiger partial charge < -0.3 is 20.4 Å². The lowest BCUT2D eigenvalue weighted by molar-refractivity contribution is -0.113. The summed E-state index contributed by atoms with van der Waals surface area (Å²) in [5, 5.41) is 12.1. The lowest BCUT2D eigenvalue weighted by atomic mass is 10.1. The van der Waals surface area contributed by atoms with E-state index in [1.165, 1.54) is 11.8 Å². The van der Waals surface area contributed by atoms with Crippen LogP contribution in [-0.2, 0) is 16.1 Å². The molecule has 2 rings (SSSR count). The Kier molecular flexibility index (Phi) is 8.42. The first kappa shape index (κ1) is 23.9. The van der Waals surface area contributed by atoms with Gasteiger partial charge in [0, 0.05) is 12.5 Å². The molecule has 2 aromatic heterocycles. The highest BCUT2D eigenvalue weighted by Gasteiger charge is 2.26. The molecule has 0 spiro atoms. The number of aromatic nitrogens is 3. The van der Waals surface area contributed by atoms with Crippen LogP contribution >= 0.6 is 23.1 Å². The van der Waals surface area contributed by atoms with Gasteiger partial charge in [-0.3, -0.25) is 9.59 Å². The molecule has 9 nitrogen and oxygen atoms in total. The average molecular weight is 454 g/mol. The van der Waals surface area contributed by atoms with Gasteiger partial charge in [-0.1, -0.05) is 32.5 Å². The maximum absolute atomic E-state index is 12.6. The number of carbonyl (C=O) groups is 3. The Morgan fingerprint density at radius 2 is 1.97 bits per heavy atom. The predicted molar refractivity (Wildman–Crippen MR) is 117 cm³/mol. The fraction of sp³-hybridized carbons (Fsp3) is 0.526. The molecule has 2 aromatic rings. The number of rotatable bonds is 10. The van der Waals surface area contributed by atoms with Crippen molar-refractivity contribution in [3.63, 3.8) is 0 Å². The number of thioether (sulfide) groups is 1. The molecular weight excluding hydrogens is 426 g/mol. The highest BCUT2D eigenvalue weighted by molar-refractivity contribution is 7.99. The number of hydrogen-bond donors (Lipinski definition) is 2. The second-order valence-corrected chi connectivity index (χ2v) is 8.79. The van der Waals surface area contributed by atoms with Crippen LogP contribution in [0.5, 0.6) is 0 Å². The SMILES string of the molecule is CCCn1c(SCC(=O)Nc2sc(C(N)=O)c(C)c2C(=O)OCC)nnc1C(C)C. The minimum Gasteiger partial charge on any atom is -0.462 e. The van der Waals surface area contributed by atoms with E-state index in [1.54, 1.807) is 13.8 Å². The van der Waals surface area contributed by atoms with Crippen LogP contribution < -0.4 is 11.1 Å². The van der Waals surface area contributed by atoms with Crippen molar-refractivity contribution in [3.8, 4) is 0 Å². The Balaban J connectivity index is 2.18. The van der Waals surface area contributed by atoms with E-state index in [1.807, 2.05) is 18.4 Å². The monoisotopic (exact) mass is 453 g/mol. The maximum Gasteiger partial charge on any atom is 0.341 e. The molecule has 3 N–H and O–H groups in total. The summed E-state index contributed by atoms with van der Waals surface area (Å²) in [4.78, 5) is 36.8. The normalized spacial score (nSPS) is 11.0. The van der Waals surface area contributed by atoms with Gasteiger partial charge in [-0.2, -0.15) is 0 Å². The number of nitrogens with one attached hydrogen (secondary N) is 1. The Hall–Kier alpha value is -2.40. The molecule has 0 atom stereocenters. The maximum atomic E-state index is 12.6. The average Bonchev–Trinajstić information content (AvgIpc) is 3.21. The molecule has 0 aliphatic heterocycles. The summed E-state index contributed by atoms with van der Waals surface area (Å²) >= 11 is 2.24. The lowest BCUT2D eigenvalue weighted by Crippen LogP contribution is -2.17. The molecule has 0 aromatic carbocycles. The molecule has 0 bridgehead atoms. The topological polar surface area (TPSA) is 129 Å². The number of anilines is 1. The third-order valence-electron chi connectivity index (χ3n) is 4.14. The zero-order chi connectivity index (χ0) is 22.4. The largest absolute Gasteiger partial charge is 0.462 e. The van der Waals surface area contributed by atoms with Crippen LogP contribution in [0.4, 0.5) is 5.00 Å². The van der Waals surface area contributed by atoms with Crippen molar-refractivity contribution in [2.45, 2.75) is 58.7 Å². The smallest absolute Gasteiger partial charge is 0.341 e. The summed E-state index contributed by atoms with van der Waals surface area (Å²) in [6.45, 7) is 10.4. The van der Waals surface area contributed by atoms with E-state index < -0.39 is 11.9 Å². The van der Waals surface area contributed by atoms with Gasteiger partial charge in [0.25, 0.3) is 5.91 Å². The number of nitrogens with zero attached hydrogens (tertiary/aromatic N) is 3. The second-order valence-electron chi connectivity index (χ2n) is 6.83. The van der Waals surface area contributed by atoms with E-state index in [0.29, 0.717) is 10.7 Å². The summed E-state index contributed by atoms with van der Waals surface area (Å²) in [7, 11) is 0. The van der Waals surface area contributed by atoms with Crippen molar-refractivity contribution in [2.24, 2.45) is 5.73 Å². The standard InChI is InChI=1S/C19H27N5O4S2/c1-6-8-24-16(10(3)4)22-23-19(24)29-9-12(25)21-17-13(18(27)28-7-2)11(5)14(30-17)15(20)26/h10H,6-9H2,1-5H3,(H2,20,26)(H,21,25). The molecule has 0 unspecified atom stereocenters. The van der Waals surface area contributed by atoms with E-state index in [9.17, 15) is 14.4 Å². The molecule has 0 aliphatic rings. The van der Waals surface area contributed by atoms with Crippen molar-refractivity contribution in [1.29, 1.82) is 0 Å². The Morgan fingerprint density at radius 1 is 1.27 bits per heavy atom. The molecule has 0 aliphatic carbocycles. The van der Waals surface area contributed by atoms with Crippen molar-refractivity contribution in [3.05, 3.63) is 21.8 Å². The van der Waals surface area contributed by atoms with Crippen LogP contribution in [0.1, 0.15) is 71.5 Å². The highest BCUT2D eigenvalue weighted by Crippen LogP contribution is 2.34. The molecule has 2 heterocycles. The molecule has 0 radical (unpaired) electrons. The summed E-state index contributed by atoms with van der Waals surface area (Å²) in [6.07, 6.45) is 0.921. The van der Waals surface area contributed by atoms with Crippen LogP contribution in [0.3, 0.4) is 0 Å². The Bertz CT molecular complexity index is 936. The van der Waals surface area contributed by atoms with Crippen LogP contribution in [0.25, 0.3) is 0 Å². The summed E-state index contributed by atoms with van der Waals surface area (Å²) in [5.74, 6) is -0.423. The van der Waals surface area contributed by atoms with E-state index in [2.05, 4.69) is 22.4 Å². The molecule has 0 saturated heterocycles. The number of hydrogen-bond acceptors (Lipinski definition) is 8. The number of primary amides is 1. The Labute approximate surface area is 183 Å². The van der Waals surface area contributed by atoms with Crippen LogP contribution in [0, 0.1) is 6.92 Å². The summed E-state index contributed by atoms with van der Waals surface area (Å²) < 4.78 is 7.08. The number of amides is 2. The van der Waals surface area contributed by atoms with Crippen molar-refractivity contribution in [2.75, 3.05) is 17.7 Å². The molecule has 0 saturated carbocycles. The van der Waals surface area contributed by atoms with E-state index in [-0.39, 0.29) is 39.6 Å². The van der Waals surface area contributed by atoms with Gasteiger partial charge in [-0.05, 0) is 25.8 Å². The molecule has 11 heteroatoms. The molecule has 2 amide bonds. The van der Waals surface area contributed by atoms with Crippen LogP contribution in [0.2, 0.25) is 0 Å². The molecule has 164 valence electrons. The van der Waals surface area contributed by atoms with Crippen molar-refractivity contribution < 1.29 is 19.1 Å². The van der Waals surface area contributed by atoms with Crippen molar-refractivity contribution in [1.82, 2.24) is 14.8 Å². The van der Waals surface area contributed by atoms with Crippen LogP contribution in [0.15, 0.2) is 5.16 Å². The quantitative estimate of drug-likeness (QED) is 0.417. The first-order valence-corrected chi connectivity index (χ1v) is 11.5. The van der Waals surface area contributed by atoms with Gasteiger partial charge in [-0.15, -0.1) is 21.5 Å². The van der Waals surface area contributed by atoms with Crippen molar-refractivity contribution >= 4 is 45.9 Å². The molecule has 30 heavy (non-hydrogen) atoms. The zero-order valence-corrected chi connectivity index (χ0v) is 19.4. The molecular formula is C19H27N5O4S2. The van der Waals surface area contributed by atoms with Gasteiger partial charge >= 0.3 is 5.97 Å². The first-order chi connectivity index (χ1) is 14.2. The number of carbonyl (C=O) groups excluding carboxylic acids is 3. The van der Waals surface area contributed by atoms with E-state index in [4.69, 9.17) is 10.5 Å². The minimum absolute atomic E-state index is 0.0745. The third kappa shape index (κ3) is 5.39. The number of nitrogens with two attached hydrogens (primary N) is 1. The van der Waals surface area contributed by atoms with Gasteiger partial charge in [0.05, 0.1) is 22.8 Å². The summed E-state index contributed by atoms with van der Waals surface area (Å²) in [5.41, 5.74) is 5.95. The number of thiophene rings is 1. The Morgan fingerprint density at radius 3 is 2.53 bits per heavy atom. The fourth-order valence-electron chi connectivity index (χ4n) is 2.85. The van der Waals surface area contributed by atoms with Gasteiger partial charge in [-0.25, -0.2) is 4.79 Å². The third-order valence-corrected chi connectivity index (χ3v) is 6.33. The fourth-order valence-corrected chi connectivity index (χ4v) is 4.68. The number of ether oxygens (including phenoxy) is 1. The van der Waals surface area contributed by atoms with Gasteiger partial charge in [0.2, 0.25) is 5.91 Å². The molecule has 0 fully saturated rings. The number of esters is 1. The summed E-state index contributed by atoms with van der Waals surface area (Å²) in [6, 6.07) is 0. The highest BCUT2D eigenvalue weighted by atomic mass is 32.2.